The summed E-state index contributed by atoms with van der Waals surface area (Å²) in [7, 11) is 1.75. The van der Waals surface area contributed by atoms with Gasteiger partial charge in [-0.2, -0.15) is 5.10 Å². The van der Waals surface area contributed by atoms with Crippen molar-refractivity contribution in [2.75, 3.05) is 7.05 Å². The Morgan fingerprint density at radius 1 is 1.17 bits per heavy atom. The third kappa shape index (κ3) is 5.12. The van der Waals surface area contributed by atoms with Gasteiger partial charge in [0.2, 0.25) is 5.91 Å². The lowest BCUT2D eigenvalue weighted by Gasteiger charge is -2.15. The molecule has 1 aromatic heterocycles. The maximum absolute atomic E-state index is 13.0. The second-order valence-corrected chi connectivity index (χ2v) is 7.38. The van der Waals surface area contributed by atoms with Gasteiger partial charge in [-0.3, -0.25) is 9.48 Å². The zero-order chi connectivity index (χ0) is 21.0. The molecule has 0 fully saturated rings. The van der Waals surface area contributed by atoms with E-state index in [-0.39, 0.29) is 11.7 Å². The van der Waals surface area contributed by atoms with Gasteiger partial charge in [-0.1, -0.05) is 41.9 Å². The van der Waals surface area contributed by atoms with Gasteiger partial charge in [-0.25, -0.2) is 4.39 Å². The summed E-state index contributed by atoms with van der Waals surface area (Å²) < 4.78 is 14.9. The number of rotatable bonds is 6. The van der Waals surface area contributed by atoms with E-state index < -0.39 is 0 Å². The summed E-state index contributed by atoms with van der Waals surface area (Å²) in [6, 6.07) is 13.7. The molecule has 0 N–H and O–H groups in total. The minimum absolute atomic E-state index is 0.132. The van der Waals surface area contributed by atoms with E-state index in [0.717, 1.165) is 28.1 Å². The molecule has 1 amide bonds. The van der Waals surface area contributed by atoms with E-state index in [0.29, 0.717) is 18.1 Å². The van der Waals surface area contributed by atoms with Crippen molar-refractivity contribution in [1.82, 2.24) is 14.7 Å². The van der Waals surface area contributed by atoms with Gasteiger partial charge in [0.05, 0.1) is 12.2 Å². The zero-order valence-electron chi connectivity index (χ0n) is 16.7. The Bertz CT molecular complexity index is 1040. The molecule has 1 heterocycles. The topological polar surface area (TPSA) is 38.1 Å². The highest BCUT2D eigenvalue weighted by Crippen LogP contribution is 2.20. The molecule has 0 spiro atoms. The number of carbonyl (C=O) groups is 1. The van der Waals surface area contributed by atoms with Crippen molar-refractivity contribution in [3.8, 4) is 0 Å². The molecule has 2 aromatic carbocycles. The van der Waals surface area contributed by atoms with E-state index in [9.17, 15) is 9.18 Å². The highest BCUT2D eigenvalue weighted by Gasteiger charge is 2.16. The van der Waals surface area contributed by atoms with Crippen LogP contribution in [0.3, 0.4) is 0 Å². The van der Waals surface area contributed by atoms with Crippen molar-refractivity contribution in [3.05, 3.63) is 93.5 Å². The van der Waals surface area contributed by atoms with Gasteiger partial charge in [0, 0.05) is 35.9 Å². The first kappa shape index (κ1) is 20.8. The molecule has 150 valence electrons. The largest absolute Gasteiger partial charge is 0.338 e. The fourth-order valence-corrected chi connectivity index (χ4v) is 3.28. The standard InChI is InChI=1S/C23H23ClFN3O/c1-16-21(17(2)28(26-16)14-19-6-4-5-7-22(19)24)15-27(3)23(29)13-10-18-8-11-20(25)12-9-18/h4-13H,14-15H2,1-3H3. The summed E-state index contributed by atoms with van der Waals surface area (Å²) in [6.07, 6.45) is 3.17. The lowest BCUT2D eigenvalue weighted by molar-refractivity contribution is -0.125. The molecule has 0 aliphatic carbocycles. The van der Waals surface area contributed by atoms with Crippen molar-refractivity contribution in [2.45, 2.75) is 26.9 Å². The van der Waals surface area contributed by atoms with Crippen molar-refractivity contribution in [2.24, 2.45) is 0 Å². The summed E-state index contributed by atoms with van der Waals surface area (Å²) in [6.45, 7) is 4.97. The Hall–Kier alpha value is -2.92. The van der Waals surface area contributed by atoms with Crippen molar-refractivity contribution in [3.63, 3.8) is 0 Å². The number of carbonyl (C=O) groups excluding carboxylic acids is 1. The fraction of sp³-hybridized carbons (Fsp3) is 0.217. The smallest absolute Gasteiger partial charge is 0.246 e. The molecule has 0 aliphatic heterocycles. The van der Waals surface area contributed by atoms with Crippen molar-refractivity contribution >= 4 is 23.6 Å². The molecule has 0 bridgehead atoms. The average Bonchev–Trinajstić information content (AvgIpc) is 2.96. The van der Waals surface area contributed by atoms with Gasteiger partial charge in [-0.05, 0) is 49.2 Å². The molecule has 0 saturated heterocycles. The van der Waals surface area contributed by atoms with E-state index in [1.807, 2.05) is 42.8 Å². The average molecular weight is 412 g/mol. The monoisotopic (exact) mass is 411 g/mol. The normalized spacial score (nSPS) is 11.2. The first-order valence-electron chi connectivity index (χ1n) is 9.30. The molecular weight excluding hydrogens is 389 g/mol. The molecule has 0 aliphatic rings. The van der Waals surface area contributed by atoms with Crippen LogP contribution in [0, 0.1) is 19.7 Å². The van der Waals surface area contributed by atoms with Crippen LogP contribution in [0.4, 0.5) is 4.39 Å². The van der Waals surface area contributed by atoms with Crippen LogP contribution in [-0.4, -0.2) is 27.6 Å². The van der Waals surface area contributed by atoms with Crippen LogP contribution in [0.5, 0.6) is 0 Å². The molecule has 6 heteroatoms. The van der Waals surface area contributed by atoms with Crippen LogP contribution in [0.25, 0.3) is 6.08 Å². The predicted molar refractivity (Wildman–Crippen MR) is 114 cm³/mol. The third-order valence-corrected chi connectivity index (χ3v) is 5.24. The van der Waals surface area contributed by atoms with Gasteiger partial charge >= 0.3 is 0 Å². The van der Waals surface area contributed by atoms with Gasteiger partial charge in [0.1, 0.15) is 5.82 Å². The van der Waals surface area contributed by atoms with E-state index >= 15 is 0 Å². The van der Waals surface area contributed by atoms with Crippen LogP contribution in [0.1, 0.15) is 28.1 Å². The molecule has 0 unspecified atom stereocenters. The van der Waals surface area contributed by atoms with Crippen molar-refractivity contribution in [1.29, 1.82) is 0 Å². The zero-order valence-corrected chi connectivity index (χ0v) is 17.4. The first-order chi connectivity index (χ1) is 13.8. The SMILES string of the molecule is Cc1nn(Cc2ccccc2Cl)c(C)c1CN(C)C(=O)C=Cc1ccc(F)cc1. The second kappa shape index (κ2) is 9.05. The Balaban J connectivity index is 1.70. The molecular formula is C23H23ClFN3O. The Kier molecular flexibility index (Phi) is 6.49. The lowest BCUT2D eigenvalue weighted by atomic mass is 10.1. The molecule has 0 radical (unpaired) electrons. The van der Waals surface area contributed by atoms with Crippen LogP contribution >= 0.6 is 11.6 Å². The fourth-order valence-electron chi connectivity index (χ4n) is 3.09. The number of aryl methyl sites for hydroxylation is 1. The van der Waals surface area contributed by atoms with Gasteiger partial charge < -0.3 is 4.90 Å². The number of amides is 1. The summed E-state index contributed by atoms with van der Waals surface area (Å²) >= 11 is 6.27. The quantitative estimate of drug-likeness (QED) is 0.534. The van der Waals surface area contributed by atoms with E-state index in [2.05, 4.69) is 5.10 Å². The minimum Gasteiger partial charge on any atom is -0.338 e. The molecule has 3 rings (SSSR count). The van der Waals surface area contributed by atoms with E-state index in [4.69, 9.17) is 11.6 Å². The lowest BCUT2D eigenvalue weighted by Crippen LogP contribution is -2.24. The molecule has 3 aromatic rings. The van der Waals surface area contributed by atoms with E-state index in [1.165, 1.54) is 18.2 Å². The number of nitrogens with zero attached hydrogens (tertiary/aromatic N) is 3. The predicted octanol–water partition coefficient (Wildman–Crippen LogP) is 5.01. The number of hydrogen-bond donors (Lipinski definition) is 0. The summed E-state index contributed by atoms with van der Waals surface area (Å²) in [5, 5.41) is 5.34. The van der Waals surface area contributed by atoms with Crippen LogP contribution in [0.15, 0.2) is 54.6 Å². The minimum atomic E-state index is -0.301. The maximum Gasteiger partial charge on any atom is 0.246 e. The second-order valence-electron chi connectivity index (χ2n) is 6.98. The highest BCUT2D eigenvalue weighted by molar-refractivity contribution is 6.31. The van der Waals surface area contributed by atoms with E-state index in [1.54, 1.807) is 30.2 Å². The molecule has 0 atom stereocenters. The Labute approximate surface area is 175 Å². The summed E-state index contributed by atoms with van der Waals surface area (Å²) in [5.41, 5.74) is 4.68. The molecule has 4 nitrogen and oxygen atoms in total. The number of benzene rings is 2. The number of hydrogen-bond acceptors (Lipinski definition) is 2. The Morgan fingerprint density at radius 3 is 2.55 bits per heavy atom. The van der Waals surface area contributed by atoms with Gasteiger partial charge in [-0.15, -0.1) is 0 Å². The van der Waals surface area contributed by atoms with Crippen LogP contribution in [-0.2, 0) is 17.9 Å². The third-order valence-electron chi connectivity index (χ3n) is 4.87. The van der Waals surface area contributed by atoms with Gasteiger partial charge in [0.25, 0.3) is 0 Å². The van der Waals surface area contributed by atoms with Crippen molar-refractivity contribution < 1.29 is 9.18 Å². The summed E-state index contributed by atoms with van der Waals surface area (Å²) in [5.74, 6) is -0.433. The number of halogens is 2. The molecule has 29 heavy (non-hydrogen) atoms. The Morgan fingerprint density at radius 2 is 1.86 bits per heavy atom. The van der Waals surface area contributed by atoms with Gasteiger partial charge in [0.15, 0.2) is 0 Å². The molecule has 0 saturated carbocycles. The van der Waals surface area contributed by atoms with Crippen LogP contribution < -0.4 is 0 Å². The number of aromatic nitrogens is 2. The highest BCUT2D eigenvalue weighted by atomic mass is 35.5. The number of likely N-dealkylation sites (N-methyl/N-ethyl adjacent to an activating group) is 1. The van der Waals surface area contributed by atoms with Crippen LogP contribution in [0.2, 0.25) is 5.02 Å². The maximum atomic E-state index is 13.0. The first-order valence-corrected chi connectivity index (χ1v) is 9.68. The summed E-state index contributed by atoms with van der Waals surface area (Å²) in [4.78, 5) is 14.1.